The monoisotopic (exact) mass is 593 g/mol. The molecule has 1 atom stereocenters. The minimum Gasteiger partial charge on any atom is -0.380 e. The number of benzene rings is 1. The van der Waals surface area contributed by atoms with E-state index in [1.165, 1.54) is 5.56 Å². The van der Waals surface area contributed by atoms with Crippen molar-refractivity contribution in [3.63, 3.8) is 0 Å². The summed E-state index contributed by atoms with van der Waals surface area (Å²) in [6.45, 7) is 8.92. The van der Waals surface area contributed by atoms with Gasteiger partial charge in [-0.25, -0.2) is 12.7 Å². The highest BCUT2D eigenvalue weighted by atomic mass is 32.2. The number of rotatable bonds is 8. The number of likely N-dealkylation sites (tertiary alicyclic amines) is 1. The molecule has 0 radical (unpaired) electrons. The molecule has 1 aliphatic carbocycles. The first-order valence-electron chi connectivity index (χ1n) is 15.3. The number of pyridine rings is 1. The van der Waals surface area contributed by atoms with Gasteiger partial charge in [0.1, 0.15) is 5.60 Å². The molecule has 3 fully saturated rings. The third-order valence-electron chi connectivity index (χ3n) is 9.85. The molecule has 9 nitrogen and oxygen atoms in total. The average molecular weight is 594 g/mol. The van der Waals surface area contributed by atoms with Crippen LogP contribution < -0.4 is 0 Å². The molecule has 3 aromatic rings. The lowest BCUT2D eigenvalue weighted by molar-refractivity contribution is -0.127. The van der Waals surface area contributed by atoms with Gasteiger partial charge in [-0.15, -0.1) is 0 Å². The lowest BCUT2D eigenvalue weighted by Gasteiger charge is -2.55. The van der Waals surface area contributed by atoms with Crippen molar-refractivity contribution in [3.05, 3.63) is 65.3 Å². The number of hydrogen-bond donors (Lipinski definition) is 1. The molecule has 2 aromatic heterocycles. The Balaban J connectivity index is 1.24. The molecule has 1 aromatic carbocycles. The fourth-order valence-corrected chi connectivity index (χ4v) is 9.45. The van der Waals surface area contributed by atoms with Crippen LogP contribution in [-0.4, -0.2) is 76.3 Å². The van der Waals surface area contributed by atoms with Crippen LogP contribution in [0.25, 0.3) is 11.4 Å². The van der Waals surface area contributed by atoms with Gasteiger partial charge in [0.25, 0.3) is 0 Å². The van der Waals surface area contributed by atoms with Crippen LogP contribution in [0.4, 0.5) is 0 Å². The minimum absolute atomic E-state index is 0.0123. The summed E-state index contributed by atoms with van der Waals surface area (Å²) in [6.07, 6.45) is 8.30. The van der Waals surface area contributed by atoms with E-state index >= 15 is 0 Å². The van der Waals surface area contributed by atoms with Crippen LogP contribution in [0.15, 0.2) is 47.2 Å². The second kappa shape index (κ2) is 11.1. The second-order valence-corrected chi connectivity index (χ2v) is 15.5. The number of nitrogens with zero attached hydrogens (tertiary/aromatic N) is 5. The third kappa shape index (κ3) is 5.10. The van der Waals surface area contributed by atoms with E-state index in [4.69, 9.17) is 9.51 Å². The van der Waals surface area contributed by atoms with Crippen molar-refractivity contribution >= 4 is 10.0 Å². The molecule has 226 valence electrons. The summed E-state index contributed by atoms with van der Waals surface area (Å²) in [4.78, 5) is 11.5. The van der Waals surface area contributed by atoms with Gasteiger partial charge >= 0.3 is 0 Å². The van der Waals surface area contributed by atoms with Crippen molar-refractivity contribution < 1.29 is 18.0 Å². The van der Waals surface area contributed by atoms with Crippen LogP contribution in [0.5, 0.6) is 0 Å². The zero-order valence-electron chi connectivity index (χ0n) is 25.2. The highest BCUT2D eigenvalue weighted by Gasteiger charge is 2.55. The van der Waals surface area contributed by atoms with E-state index in [2.05, 4.69) is 55.0 Å². The molecule has 6 rings (SSSR count). The molecule has 1 saturated carbocycles. The molecule has 0 amide bonds. The second-order valence-electron chi connectivity index (χ2n) is 13.3. The largest absolute Gasteiger partial charge is 0.380 e. The fraction of sp³-hybridized carbons (Fsp3) is 0.594. The molecule has 2 saturated heterocycles. The molecule has 3 aliphatic rings. The molecule has 0 bridgehead atoms. The SMILES string of the molecule is CC(C)c1ccc([C@](O)(c2cncc(-c3noc(C4CCN(S(=O)(=O)C5CCCC5)CC4)n3)c2)C2(C)CN(C)C2)cc1. The van der Waals surface area contributed by atoms with Gasteiger partial charge in [0.15, 0.2) is 0 Å². The summed E-state index contributed by atoms with van der Waals surface area (Å²) in [5.74, 6) is 1.37. The van der Waals surface area contributed by atoms with Gasteiger partial charge in [-0.2, -0.15) is 4.98 Å². The van der Waals surface area contributed by atoms with Crippen LogP contribution in [0.3, 0.4) is 0 Å². The molecule has 4 heterocycles. The van der Waals surface area contributed by atoms with E-state index in [1.54, 1.807) is 16.7 Å². The molecule has 0 spiro atoms. The average Bonchev–Trinajstić information content (AvgIpc) is 3.70. The van der Waals surface area contributed by atoms with Crippen molar-refractivity contribution in [1.29, 1.82) is 0 Å². The van der Waals surface area contributed by atoms with Gasteiger partial charge in [0.05, 0.1) is 5.25 Å². The number of aromatic nitrogens is 3. The van der Waals surface area contributed by atoms with Crippen LogP contribution in [0, 0.1) is 5.41 Å². The van der Waals surface area contributed by atoms with E-state index < -0.39 is 21.0 Å². The first-order valence-corrected chi connectivity index (χ1v) is 16.8. The third-order valence-corrected chi connectivity index (χ3v) is 12.2. The number of aliphatic hydroxyl groups is 1. The molecule has 2 aliphatic heterocycles. The van der Waals surface area contributed by atoms with Crippen molar-refractivity contribution in [1.82, 2.24) is 24.3 Å². The predicted octanol–water partition coefficient (Wildman–Crippen LogP) is 4.89. The van der Waals surface area contributed by atoms with Crippen molar-refractivity contribution in [2.75, 3.05) is 33.2 Å². The van der Waals surface area contributed by atoms with E-state index in [1.807, 2.05) is 18.2 Å². The van der Waals surface area contributed by atoms with E-state index in [0.717, 1.165) is 44.3 Å². The molecular weight excluding hydrogens is 550 g/mol. The highest BCUT2D eigenvalue weighted by Crippen LogP contribution is 2.50. The number of hydrogen-bond acceptors (Lipinski definition) is 8. The van der Waals surface area contributed by atoms with Crippen molar-refractivity contribution in [3.8, 4) is 11.4 Å². The summed E-state index contributed by atoms with van der Waals surface area (Å²) in [7, 11) is -1.17. The van der Waals surface area contributed by atoms with E-state index in [0.29, 0.717) is 54.7 Å². The maximum Gasteiger partial charge on any atom is 0.230 e. The van der Waals surface area contributed by atoms with E-state index in [9.17, 15) is 13.5 Å². The van der Waals surface area contributed by atoms with E-state index in [-0.39, 0.29) is 11.2 Å². The Labute approximate surface area is 249 Å². The Morgan fingerprint density at radius 1 is 1.02 bits per heavy atom. The van der Waals surface area contributed by atoms with Crippen LogP contribution in [-0.2, 0) is 15.6 Å². The summed E-state index contributed by atoms with van der Waals surface area (Å²) < 4.78 is 33.5. The zero-order valence-corrected chi connectivity index (χ0v) is 26.0. The molecular formula is C32H43N5O4S. The number of sulfonamides is 1. The Morgan fingerprint density at radius 3 is 2.31 bits per heavy atom. The quantitative estimate of drug-likeness (QED) is 0.393. The smallest absolute Gasteiger partial charge is 0.230 e. The Kier molecular flexibility index (Phi) is 7.79. The normalized spacial score (nSPS) is 22.3. The standard InChI is InChI=1S/C32H43N5O4S/c1-22(2)23-9-11-26(12-10-23)32(38,31(3)20-36(4)21-31)27-17-25(18-33-19-27)29-34-30(41-35-29)24-13-15-37(16-14-24)42(39,40)28-7-5-6-8-28/h9-12,17-19,22,24,28,38H,5-8,13-16,20-21H2,1-4H3/t32-/m0/s1. The Bertz CT molecular complexity index is 1500. The molecule has 42 heavy (non-hydrogen) atoms. The van der Waals surface area contributed by atoms with Gasteiger partial charge < -0.3 is 14.5 Å². The summed E-state index contributed by atoms with van der Waals surface area (Å²) in [5.41, 5.74) is 1.78. The van der Waals surface area contributed by atoms with Crippen LogP contribution in [0.2, 0.25) is 0 Å². The lowest BCUT2D eigenvalue weighted by atomic mass is 9.62. The fourth-order valence-electron chi connectivity index (χ4n) is 7.38. The Hall–Kier alpha value is -2.66. The summed E-state index contributed by atoms with van der Waals surface area (Å²) in [6, 6.07) is 10.2. The zero-order chi connectivity index (χ0) is 29.7. The lowest BCUT2D eigenvalue weighted by Crippen LogP contribution is -2.63. The van der Waals surface area contributed by atoms with Gasteiger partial charge in [0.2, 0.25) is 21.7 Å². The summed E-state index contributed by atoms with van der Waals surface area (Å²) in [5, 5.41) is 16.6. The van der Waals surface area contributed by atoms with Gasteiger partial charge in [0, 0.05) is 61.0 Å². The Morgan fingerprint density at radius 2 is 1.69 bits per heavy atom. The molecule has 1 N–H and O–H groups in total. The van der Waals surface area contributed by atoms with Crippen LogP contribution >= 0.6 is 0 Å². The molecule has 10 heteroatoms. The van der Waals surface area contributed by atoms with Crippen molar-refractivity contribution in [2.45, 2.75) is 82.0 Å². The minimum atomic E-state index is -3.24. The summed E-state index contributed by atoms with van der Waals surface area (Å²) >= 11 is 0. The highest BCUT2D eigenvalue weighted by molar-refractivity contribution is 7.89. The maximum absolute atomic E-state index is 13.0. The molecule has 0 unspecified atom stereocenters. The topological polar surface area (TPSA) is 113 Å². The van der Waals surface area contributed by atoms with Crippen molar-refractivity contribution in [2.24, 2.45) is 5.41 Å². The first kappa shape index (κ1) is 29.4. The van der Waals surface area contributed by atoms with Gasteiger partial charge in [-0.1, -0.05) is 63.0 Å². The van der Waals surface area contributed by atoms with Gasteiger partial charge in [-0.05, 0) is 55.8 Å². The predicted molar refractivity (Wildman–Crippen MR) is 161 cm³/mol. The number of piperidine rings is 1. The maximum atomic E-state index is 13.0. The van der Waals surface area contributed by atoms with Crippen LogP contribution in [0.1, 0.15) is 93.7 Å². The first-order chi connectivity index (χ1) is 20.0. The van der Waals surface area contributed by atoms with Gasteiger partial charge in [-0.3, -0.25) is 4.98 Å².